The molecule has 0 saturated carbocycles. The third kappa shape index (κ3) is 4.01. The summed E-state index contributed by atoms with van der Waals surface area (Å²) in [5, 5.41) is 22.6. The van der Waals surface area contributed by atoms with E-state index in [2.05, 4.69) is 5.32 Å². The lowest BCUT2D eigenvalue weighted by atomic mass is 9.91. The molecule has 9 nitrogen and oxygen atoms in total. The van der Waals surface area contributed by atoms with Gasteiger partial charge in [0.15, 0.2) is 5.82 Å². The molecule has 0 radical (unpaired) electrons. The monoisotopic (exact) mass is 417 g/mol. The summed E-state index contributed by atoms with van der Waals surface area (Å²) < 4.78 is 46.9. The predicted molar refractivity (Wildman–Crippen MR) is 98.9 cm³/mol. The average molecular weight is 417 g/mol. The minimum Gasteiger partial charge on any atom is -0.505 e. The quantitative estimate of drug-likeness (QED) is 0.460. The van der Waals surface area contributed by atoms with Crippen molar-refractivity contribution in [2.24, 2.45) is 5.41 Å². The van der Waals surface area contributed by atoms with Crippen LogP contribution in [0.1, 0.15) is 25.8 Å². The first-order valence-corrected chi connectivity index (χ1v) is 10.3. The van der Waals surface area contributed by atoms with Gasteiger partial charge in [-0.15, -0.1) is 0 Å². The maximum atomic E-state index is 15.0. The van der Waals surface area contributed by atoms with Gasteiger partial charge in [-0.3, -0.25) is 4.79 Å². The smallest absolute Gasteiger partial charge is 0.326 e. The fraction of sp³-hybridized carbons (Fsp3) is 0.588. The predicted octanol–water partition coefficient (Wildman–Crippen LogP) is 0.0140. The molecule has 0 bridgehead atoms. The second-order valence-electron chi connectivity index (χ2n) is 7.79. The van der Waals surface area contributed by atoms with Crippen LogP contribution in [0.3, 0.4) is 0 Å². The Morgan fingerprint density at radius 2 is 2.18 bits per heavy atom. The lowest BCUT2D eigenvalue weighted by molar-refractivity contribution is -0.117. The highest BCUT2D eigenvalue weighted by Gasteiger charge is 2.40. The Morgan fingerprint density at radius 1 is 1.46 bits per heavy atom. The number of halogens is 1. The molecular weight excluding hydrogens is 393 g/mol. The summed E-state index contributed by atoms with van der Waals surface area (Å²) in [6.07, 6.45) is 0.558. The van der Waals surface area contributed by atoms with Crippen LogP contribution in [0.5, 0.6) is 11.5 Å². The van der Waals surface area contributed by atoms with Gasteiger partial charge in [0.25, 0.3) is 5.91 Å². The second kappa shape index (κ2) is 7.37. The Morgan fingerprint density at radius 3 is 2.79 bits per heavy atom. The van der Waals surface area contributed by atoms with Crippen molar-refractivity contribution in [3.63, 3.8) is 0 Å². The highest BCUT2D eigenvalue weighted by atomic mass is 32.2. The van der Waals surface area contributed by atoms with E-state index in [-0.39, 0.29) is 35.9 Å². The Balaban J connectivity index is 1.71. The molecule has 2 aliphatic rings. The van der Waals surface area contributed by atoms with Crippen molar-refractivity contribution in [3.8, 4) is 11.5 Å². The van der Waals surface area contributed by atoms with Gasteiger partial charge in [0.05, 0.1) is 0 Å². The zero-order valence-corrected chi connectivity index (χ0v) is 16.5. The Kier molecular flexibility index (Phi) is 5.43. The lowest BCUT2D eigenvalue weighted by Crippen LogP contribution is -2.33. The highest BCUT2D eigenvalue weighted by Crippen LogP contribution is 2.43. The molecule has 11 heteroatoms. The molecule has 3 rings (SSSR count). The summed E-state index contributed by atoms with van der Waals surface area (Å²) in [7, 11) is -4.24. The van der Waals surface area contributed by atoms with Gasteiger partial charge in [-0.05, 0) is 18.4 Å². The minimum absolute atomic E-state index is 0.0735. The highest BCUT2D eigenvalue weighted by molar-refractivity contribution is 7.92. The van der Waals surface area contributed by atoms with Crippen LogP contribution >= 0.6 is 0 Å². The van der Waals surface area contributed by atoms with E-state index in [0.717, 1.165) is 6.42 Å². The first kappa shape index (κ1) is 20.6. The number of rotatable bonds is 7. The van der Waals surface area contributed by atoms with Crippen LogP contribution in [0.4, 0.5) is 10.1 Å². The molecule has 2 heterocycles. The number of hydrogen-bond donors (Lipinski definition) is 4. The summed E-state index contributed by atoms with van der Waals surface area (Å²) >= 11 is 0. The van der Waals surface area contributed by atoms with E-state index >= 15 is 0 Å². The number of ether oxygens (including phenoxy) is 1. The van der Waals surface area contributed by atoms with E-state index < -0.39 is 39.9 Å². The van der Waals surface area contributed by atoms with Gasteiger partial charge >= 0.3 is 10.2 Å². The largest absolute Gasteiger partial charge is 0.505 e. The number of anilines is 1. The molecule has 0 aromatic heterocycles. The topological polar surface area (TPSA) is 128 Å². The third-order valence-corrected chi connectivity index (χ3v) is 6.23. The van der Waals surface area contributed by atoms with Crippen LogP contribution in [0, 0.1) is 11.2 Å². The van der Waals surface area contributed by atoms with E-state index in [0.29, 0.717) is 17.4 Å². The first-order valence-electron chi connectivity index (χ1n) is 8.90. The second-order valence-corrected chi connectivity index (χ2v) is 9.39. The number of fused-ring (bicyclic) bond motifs is 1. The van der Waals surface area contributed by atoms with Gasteiger partial charge in [0.1, 0.15) is 29.8 Å². The van der Waals surface area contributed by atoms with E-state index in [4.69, 9.17) is 4.74 Å². The molecule has 4 N–H and O–H groups in total. The SMILES string of the molecule is CC(C)(CO)CCNC[C@H]1Cc2c(cc(O)c(N3CC(=O)NS3(=O)=O)c2F)O1. The molecule has 1 amide bonds. The fourth-order valence-electron chi connectivity index (χ4n) is 3.15. The minimum atomic E-state index is -4.24. The van der Waals surface area contributed by atoms with Crippen LogP contribution in [0.15, 0.2) is 6.07 Å². The average Bonchev–Trinajstić information content (AvgIpc) is 3.11. The number of nitrogens with one attached hydrogen (secondary N) is 2. The zero-order valence-electron chi connectivity index (χ0n) is 15.7. The number of amides is 1. The standard InChI is InChI=1S/C17H24FN3O6S/c1-17(2,9-22)3-4-19-7-10-5-11-13(27-10)6-12(23)16(15(11)18)21-8-14(24)20-28(21,25)26/h6,10,19,22-23H,3-5,7-9H2,1-2H3,(H,20,24)/t10-/m1/s1. The number of carbonyl (C=O) groups is 1. The summed E-state index contributed by atoms with van der Waals surface area (Å²) in [6, 6.07) is 1.17. The molecule has 1 saturated heterocycles. The Labute approximate surface area is 162 Å². The molecule has 1 atom stereocenters. The van der Waals surface area contributed by atoms with Gasteiger partial charge in [-0.1, -0.05) is 13.8 Å². The van der Waals surface area contributed by atoms with Gasteiger partial charge in [0.2, 0.25) is 0 Å². The van der Waals surface area contributed by atoms with Crippen LogP contribution in [-0.4, -0.2) is 56.9 Å². The van der Waals surface area contributed by atoms with Gasteiger partial charge in [-0.25, -0.2) is 13.4 Å². The molecule has 28 heavy (non-hydrogen) atoms. The van der Waals surface area contributed by atoms with Crippen molar-refractivity contribution in [1.29, 1.82) is 0 Å². The molecule has 156 valence electrons. The van der Waals surface area contributed by atoms with E-state index in [1.165, 1.54) is 6.07 Å². The van der Waals surface area contributed by atoms with E-state index in [9.17, 15) is 27.8 Å². The molecule has 0 spiro atoms. The molecule has 2 aliphatic heterocycles. The summed E-state index contributed by atoms with van der Waals surface area (Å²) in [5.41, 5.74) is -0.602. The van der Waals surface area contributed by atoms with Crippen molar-refractivity contribution in [1.82, 2.24) is 10.0 Å². The van der Waals surface area contributed by atoms with Crippen LogP contribution in [0.2, 0.25) is 0 Å². The van der Waals surface area contributed by atoms with Gasteiger partial charge < -0.3 is 20.3 Å². The molecule has 0 aliphatic carbocycles. The lowest BCUT2D eigenvalue weighted by Gasteiger charge is -2.22. The zero-order chi connectivity index (χ0) is 20.7. The van der Waals surface area contributed by atoms with E-state index in [1.54, 1.807) is 4.72 Å². The van der Waals surface area contributed by atoms with Crippen LogP contribution in [-0.2, 0) is 21.4 Å². The van der Waals surface area contributed by atoms with Crippen molar-refractivity contribution in [2.75, 3.05) is 30.5 Å². The molecule has 1 aromatic carbocycles. The summed E-state index contributed by atoms with van der Waals surface area (Å²) in [5.74, 6) is -2.19. The summed E-state index contributed by atoms with van der Waals surface area (Å²) in [6.45, 7) is 4.43. The number of hydrogen-bond acceptors (Lipinski definition) is 7. The Hall–Kier alpha value is -2.11. The number of aliphatic hydroxyl groups is 1. The maximum Gasteiger partial charge on any atom is 0.326 e. The van der Waals surface area contributed by atoms with Crippen molar-refractivity contribution in [3.05, 3.63) is 17.4 Å². The van der Waals surface area contributed by atoms with E-state index in [1.807, 2.05) is 13.8 Å². The van der Waals surface area contributed by atoms with Crippen LogP contribution < -0.4 is 19.1 Å². The maximum absolute atomic E-state index is 15.0. The van der Waals surface area contributed by atoms with Gasteiger partial charge in [-0.2, -0.15) is 8.42 Å². The van der Waals surface area contributed by atoms with Gasteiger partial charge in [0, 0.05) is 31.2 Å². The fourth-order valence-corrected chi connectivity index (χ4v) is 4.32. The summed E-state index contributed by atoms with van der Waals surface area (Å²) in [4.78, 5) is 11.4. The normalized spacial score (nSPS) is 20.8. The number of nitrogens with zero attached hydrogens (tertiary/aromatic N) is 1. The molecular formula is C17H24FN3O6S. The molecule has 1 fully saturated rings. The van der Waals surface area contributed by atoms with Crippen molar-refractivity contribution >= 4 is 21.8 Å². The van der Waals surface area contributed by atoms with Crippen LogP contribution in [0.25, 0.3) is 0 Å². The number of aliphatic hydroxyl groups excluding tert-OH is 1. The number of carbonyl (C=O) groups excluding carboxylic acids is 1. The third-order valence-electron chi connectivity index (χ3n) is 4.85. The Bertz CT molecular complexity index is 889. The first-order chi connectivity index (χ1) is 13.0. The van der Waals surface area contributed by atoms with Crippen molar-refractivity contribution < 1.29 is 32.6 Å². The number of phenolic OH excluding ortho intramolecular Hbond substituents is 1. The number of aromatic hydroxyl groups is 1. The number of phenols is 1. The molecule has 0 unspecified atom stereocenters. The molecule has 1 aromatic rings. The van der Waals surface area contributed by atoms with Crippen molar-refractivity contribution in [2.45, 2.75) is 32.8 Å². The number of benzene rings is 1.